The number of amides is 2. The first-order valence-corrected chi connectivity index (χ1v) is 11.9. The van der Waals surface area contributed by atoms with Gasteiger partial charge in [0.2, 0.25) is 11.8 Å². The van der Waals surface area contributed by atoms with Gasteiger partial charge >= 0.3 is 5.97 Å². The highest BCUT2D eigenvalue weighted by Gasteiger charge is 2.14. The number of rotatable bonds is 11. The van der Waals surface area contributed by atoms with E-state index < -0.39 is 24.2 Å². The van der Waals surface area contributed by atoms with Crippen LogP contribution in [0.2, 0.25) is 10.0 Å². The molecule has 2 amide bonds. The predicted octanol–water partition coefficient (Wildman–Crippen LogP) is 4.42. The molecule has 12 heteroatoms. The van der Waals surface area contributed by atoms with E-state index in [0.717, 1.165) is 0 Å². The van der Waals surface area contributed by atoms with Crippen LogP contribution in [0.4, 0.5) is 5.69 Å². The molecule has 0 unspecified atom stereocenters. The van der Waals surface area contributed by atoms with Gasteiger partial charge in [-0.25, -0.2) is 10.2 Å². The summed E-state index contributed by atoms with van der Waals surface area (Å²) in [6.45, 7) is 3.90. The van der Waals surface area contributed by atoms with Gasteiger partial charge in [-0.05, 0) is 72.3 Å². The maximum Gasteiger partial charge on any atom is 0.344 e. The van der Waals surface area contributed by atoms with Crippen molar-refractivity contribution in [3.05, 3.63) is 49.5 Å². The highest BCUT2D eigenvalue weighted by atomic mass is 127. The maximum atomic E-state index is 12.0. The van der Waals surface area contributed by atoms with Crippen molar-refractivity contribution in [2.24, 2.45) is 5.10 Å². The van der Waals surface area contributed by atoms with Crippen LogP contribution < -0.4 is 20.2 Å². The largest absolute Gasteiger partial charge is 0.490 e. The molecule has 0 heterocycles. The molecule has 34 heavy (non-hydrogen) atoms. The van der Waals surface area contributed by atoms with Gasteiger partial charge in [-0.1, -0.05) is 23.2 Å². The van der Waals surface area contributed by atoms with Crippen LogP contribution in [0, 0.1) is 3.57 Å². The summed E-state index contributed by atoms with van der Waals surface area (Å²) in [5, 5.41) is 7.07. The van der Waals surface area contributed by atoms with Gasteiger partial charge in [0.1, 0.15) is 6.42 Å². The minimum atomic E-state index is -0.608. The van der Waals surface area contributed by atoms with Crippen LogP contribution in [0.3, 0.4) is 0 Å². The normalized spacial score (nSPS) is 10.6. The third kappa shape index (κ3) is 8.99. The Hall–Kier alpha value is -2.57. The number of hydrogen-bond acceptors (Lipinski definition) is 7. The van der Waals surface area contributed by atoms with Gasteiger partial charge in [-0.3, -0.25) is 9.59 Å². The van der Waals surface area contributed by atoms with E-state index in [1.165, 1.54) is 18.3 Å². The SMILES string of the molecule is CCOC(=O)COc1c(I)cc(C=NNC(=O)CC(=O)Nc2ccc(Cl)c(Cl)c2)cc1OCC. The molecule has 0 bridgehead atoms. The summed E-state index contributed by atoms with van der Waals surface area (Å²) in [6.07, 6.45) is 0.953. The third-order valence-electron chi connectivity index (χ3n) is 3.90. The standard InChI is InChI=1S/C22H22Cl2IN3O6/c1-3-32-18-8-13(7-17(25)22(18)34-12-21(31)33-4-2)11-26-28-20(30)10-19(29)27-14-5-6-15(23)16(24)9-14/h5-9,11H,3-4,10,12H2,1-2H3,(H,27,29)(H,28,30). The molecule has 0 atom stereocenters. The van der Waals surface area contributed by atoms with Crippen LogP contribution in [0.15, 0.2) is 35.4 Å². The van der Waals surface area contributed by atoms with E-state index in [1.54, 1.807) is 25.1 Å². The number of carbonyl (C=O) groups is 3. The van der Waals surface area contributed by atoms with Gasteiger partial charge in [0.25, 0.3) is 0 Å². The minimum Gasteiger partial charge on any atom is -0.490 e. The minimum absolute atomic E-state index is 0.252. The molecule has 0 radical (unpaired) electrons. The molecular formula is C22H22Cl2IN3O6. The summed E-state index contributed by atoms with van der Waals surface area (Å²) < 4.78 is 16.7. The summed E-state index contributed by atoms with van der Waals surface area (Å²) >= 11 is 13.8. The molecule has 0 spiro atoms. The smallest absolute Gasteiger partial charge is 0.344 e. The van der Waals surface area contributed by atoms with Crippen LogP contribution in [-0.2, 0) is 19.1 Å². The monoisotopic (exact) mass is 621 g/mol. The summed E-state index contributed by atoms with van der Waals surface area (Å²) in [6, 6.07) is 7.97. The molecule has 0 saturated carbocycles. The van der Waals surface area contributed by atoms with Crippen molar-refractivity contribution in [1.29, 1.82) is 0 Å². The first-order valence-electron chi connectivity index (χ1n) is 10.0. The van der Waals surface area contributed by atoms with E-state index in [2.05, 4.69) is 15.8 Å². The Morgan fingerprint density at radius 3 is 2.47 bits per heavy atom. The van der Waals surface area contributed by atoms with Crippen molar-refractivity contribution < 1.29 is 28.6 Å². The Balaban J connectivity index is 1.96. The average Bonchev–Trinajstić information content (AvgIpc) is 2.76. The van der Waals surface area contributed by atoms with Gasteiger partial charge < -0.3 is 19.5 Å². The van der Waals surface area contributed by atoms with Crippen LogP contribution in [0.25, 0.3) is 0 Å². The zero-order valence-electron chi connectivity index (χ0n) is 18.3. The Morgan fingerprint density at radius 1 is 1.03 bits per heavy atom. The molecule has 2 aromatic rings. The highest BCUT2D eigenvalue weighted by molar-refractivity contribution is 14.1. The van der Waals surface area contributed by atoms with E-state index in [1.807, 2.05) is 29.5 Å². The third-order valence-corrected chi connectivity index (χ3v) is 5.44. The first kappa shape index (κ1) is 27.7. The van der Waals surface area contributed by atoms with Crippen molar-refractivity contribution in [3.8, 4) is 11.5 Å². The van der Waals surface area contributed by atoms with Crippen LogP contribution in [0.5, 0.6) is 11.5 Å². The lowest BCUT2D eigenvalue weighted by atomic mass is 10.2. The fraction of sp³-hybridized carbons (Fsp3) is 0.273. The van der Waals surface area contributed by atoms with Crippen LogP contribution >= 0.6 is 45.8 Å². The molecule has 2 aromatic carbocycles. The number of ether oxygens (including phenoxy) is 3. The number of carbonyl (C=O) groups excluding carboxylic acids is 3. The second-order valence-electron chi connectivity index (χ2n) is 6.50. The van der Waals surface area contributed by atoms with Crippen molar-refractivity contribution in [2.75, 3.05) is 25.1 Å². The van der Waals surface area contributed by atoms with Crippen LogP contribution in [0.1, 0.15) is 25.8 Å². The van der Waals surface area contributed by atoms with E-state index in [-0.39, 0.29) is 18.2 Å². The Labute approximate surface area is 220 Å². The topological polar surface area (TPSA) is 115 Å². The van der Waals surface area contributed by atoms with Gasteiger partial charge in [-0.2, -0.15) is 5.10 Å². The number of nitrogens with one attached hydrogen (secondary N) is 2. The van der Waals surface area contributed by atoms with Crippen LogP contribution in [-0.4, -0.2) is 43.8 Å². The molecule has 0 aromatic heterocycles. The lowest BCUT2D eigenvalue weighted by molar-refractivity contribution is -0.145. The fourth-order valence-electron chi connectivity index (χ4n) is 2.54. The van der Waals surface area contributed by atoms with Gasteiger partial charge in [0.05, 0.1) is 33.0 Å². The fourth-order valence-corrected chi connectivity index (χ4v) is 3.62. The zero-order valence-corrected chi connectivity index (χ0v) is 22.0. The maximum absolute atomic E-state index is 12.0. The number of hydrogen-bond donors (Lipinski definition) is 2. The summed E-state index contributed by atoms with van der Waals surface area (Å²) in [5.41, 5.74) is 3.32. The molecule has 182 valence electrons. The number of nitrogens with zero attached hydrogens (tertiary/aromatic N) is 1. The highest BCUT2D eigenvalue weighted by Crippen LogP contribution is 2.34. The van der Waals surface area contributed by atoms with E-state index in [4.69, 9.17) is 37.4 Å². The van der Waals surface area contributed by atoms with Gasteiger partial charge in [0, 0.05) is 5.69 Å². The molecule has 0 saturated heterocycles. The number of halogens is 3. The molecular weight excluding hydrogens is 600 g/mol. The number of anilines is 1. The first-order chi connectivity index (χ1) is 16.2. The number of benzene rings is 2. The molecule has 0 aliphatic rings. The number of hydrazone groups is 1. The summed E-state index contributed by atoms with van der Waals surface area (Å²) in [7, 11) is 0. The predicted molar refractivity (Wildman–Crippen MR) is 138 cm³/mol. The zero-order chi connectivity index (χ0) is 25.1. The molecule has 2 N–H and O–H groups in total. The Bertz CT molecular complexity index is 1080. The van der Waals surface area contributed by atoms with Crippen molar-refractivity contribution in [2.45, 2.75) is 20.3 Å². The Kier molecular flexibility index (Phi) is 11.4. The molecule has 2 rings (SSSR count). The van der Waals surface area contributed by atoms with E-state index in [9.17, 15) is 14.4 Å². The molecule has 0 aliphatic heterocycles. The molecule has 0 fully saturated rings. The second kappa shape index (κ2) is 14.0. The molecule has 0 aliphatic carbocycles. The van der Waals surface area contributed by atoms with E-state index >= 15 is 0 Å². The Morgan fingerprint density at radius 2 is 1.79 bits per heavy atom. The van der Waals surface area contributed by atoms with Crippen molar-refractivity contribution in [1.82, 2.24) is 5.43 Å². The lowest BCUT2D eigenvalue weighted by Crippen LogP contribution is -2.24. The summed E-state index contributed by atoms with van der Waals surface area (Å²) in [4.78, 5) is 35.6. The van der Waals surface area contributed by atoms with Gasteiger partial charge in [0.15, 0.2) is 18.1 Å². The molecule has 9 nitrogen and oxygen atoms in total. The van der Waals surface area contributed by atoms with Crippen molar-refractivity contribution >= 4 is 75.5 Å². The second-order valence-corrected chi connectivity index (χ2v) is 8.48. The van der Waals surface area contributed by atoms with E-state index in [0.29, 0.717) is 37.9 Å². The lowest BCUT2D eigenvalue weighted by Gasteiger charge is -2.14. The summed E-state index contributed by atoms with van der Waals surface area (Å²) in [5.74, 6) is -0.828. The number of esters is 1. The quantitative estimate of drug-likeness (QED) is 0.126. The van der Waals surface area contributed by atoms with Crippen molar-refractivity contribution in [3.63, 3.8) is 0 Å². The average molecular weight is 622 g/mol. The van der Waals surface area contributed by atoms with Gasteiger partial charge in [-0.15, -0.1) is 0 Å².